The third-order valence-corrected chi connectivity index (χ3v) is 9.92. The van der Waals surface area contributed by atoms with E-state index in [1.165, 1.54) is 38.5 Å². The monoisotopic (exact) mass is 806 g/mol. The van der Waals surface area contributed by atoms with E-state index in [1.54, 1.807) is 0 Å². The maximum Gasteiger partial charge on any atom is 0.306 e. The van der Waals surface area contributed by atoms with Gasteiger partial charge in [-0.05, 0) is 89.9 Å². The maximum atomic E-state index is 13.1. The molecule has 1 amide bonds. The lowest BCUT2D eigenvalue weighted by Crippen LogP contribution is -2.46. The van der Waals surface area contributed by atoms with Crippen molar-refractivity contribution in [3.05, 3.63) is 97.2 Å². The van der Waals surface area contributed by atoms with Crippen LogP contribution in [0.1, 0.15) is 194 Å². The maximum absolute atomic E-state index is 13.1. The normalized spacial score (nSPS) is 14.2. The summed E-state index contributed by atoms with van der Waals surface area (Å²) in [6.45, 7) is 6.19. The van der Waals surface area contributed by atoms with Gasteiger partial charge in [0.25, 0.3) is 0 Å². The molecule has 0 heterocycles. The molecule has 0 aromatic carbocycles. The molecule has 6 heteroatoms. The van der Waals surface area contributed by atoms with Crippen molar-refractivity contribution in [2.45, 2.75) is 212 Å². The number of carbonyl (C=O) groups excluding carboxylic acids is 2. The van der Waals surface area contributed by atoms with Gasteiger partial charge in [-0.25, -0.2) is 0 Å². The molecule has 0 radical (unpaired) electrons. The fraction of sp³-hybridized carbons (Fsp3) is 0.654. The Morgan fingerprint density at radius 2 is 0.931 bits per heavy atom. The zero-order chi connectivity index (χ0) is 42.4. The lowest BCUT2D eigenvalue weighted by molar-refractivity contribution is -0.150. The zero-order valence-electron chi connectivity index (χ0n) is 37.4. The minimum absolute atomic E-state index is 0.0269. The van der Waals surface area contributed by atoms with Crippen LogP contribution in [0.5, 0.6) is 0 Å². The molecule has 0 aromatic heterocycles. The molecule has 0 rings (SSSR count). The Morgan fingerprint density at radius 1 is 0.517 bits per heavy atom. The Labute approximate surface area is 356 Å². The first-order chi connectivity index (χ1) is 28.5. The van der Waals surface area contributed by atoms with Crippen molar-refractivity contribution in [1.82, 2.24) is 5.32 Å². The summed E-state index contributed by atoms with van der Waals surface area (Å²) in [5.41, 5.74) is 0. The molecular formula is C52H87NO5. The fourth-order valence-electron chi connectivity index (χ4n) is 6.43. The van der Waals surface area contributed by atoms with Gasteiger partial charge in [-0.1, -0.05) is 189 Å². The summed E-state index contributed by atoms with van der Waals surface area (Å²) in [7, 11) is 0. The van der Waals surface area contributed by atoms with Crippen LogP contribution in [0.3, 0.4) is 0 Å². The van der Waals surface area contributed by atoms with Crippen LogP contribution >= 0.6 is 0 Å². The third kappa shape index (κ3) is 39.6. The average molecular weight is 806 g/mol. The van der Waals surface area contributed by atoms with Gasteiger partial charge in [-0.3, -0.25) is 9.59 Å². The molecule has 0 saturated heterocycles. The Morgan fingerprint density at radius 3 is 1.41 bits per heavy atom. The van der Waals surface area contributed by atoms with Gasteiger partial charge in [-0.15, -0.1) is 0 Å². The number of hydrogen-bond acceptors (Lipinski definition) is 5. The standard InChI is InChI=1S/C52H87NO5/c1-4-7-10-13-16-19-21-23-25-26-28-30-33-36-39-42-45-52(57)58-48(43-40-37-34-32-29-27-24-22-20-17-14-11-8-5-2)46-51(56)53-49(47-54)50(55)44-41-38-35-31-18-15-12-9-6-3/h7-8,10-11,16-17,19-20,23-25,27-28,30,36,39,48-50,54-55H,4-6,9,12-15,18,21-22,26,29,31-35,37-38,40-47H2,1-3H3,(H,53,56)/b10-7+,11-8+,19-16+,20-17+,25-23+,27-24+,30-28+,39-36+. The second-order valence-corrected chi connectivity index (χ2v) is 15.4. The second-order valence-electron chi connectivity index (χ2n) is 15.4. The highest BCUT2D eigenvalue weighted by atomic mass is 16.5. The summed E-state index contributed by atoms with van der Waals surface area (Å²) >= 11 is 0. The topological polar surface area (TPSA) is 95.9 Å². The molecular weight excluding hydrogens is 719 g/mol. The van der Waals surface area contributed by atoms with E-state index in [0.29, 0.717) is 19.3 Å². The summed E-state index contributed by atoms with van der Waals surface area (Å²) in [4.78, 5) is 26.0. The number of hydrogen-bond donors (Lipinski definition) is 3. The fourth-order valence-corrected chi connectivity index (χ4v) is 6.43. The van der Waals surface area contributed by atoms with E-state index in [1.807, 2.05) is 6.08 Å². The van der Waals surface area contributed by atoms with Crippen molar-refractivity contribution in [1.29, 1.82) is 0 Å². The molecule has 0 aliphatic carbocycles. The van der Waals surface area contributed by atoms with E-state index in [0.717, 1.165) is 103 Å². The van der Waals surface area contributed by atoms with Crippen LogP contribution in [0.2, 0.25) is 0 Å². The molecule has 0 fully saturated rings. The summed E-state index contributed by atoms with van der Waals surface area (Å²) in [5, 5.41) is 23.6. The Hall–Kier alpha value is -3.22. The Bertz CT molecular complexity index is 1180. The van der Waals surface area contributed by atoms with Crippen LogP contribution in [0, 0.1) is 0 Å². The van der Waals surface area contributed by atoms with Crippen molar-refractivity contribution in [2.24, 2.45) is 0 Å². The van der Waals surface area contributed by atoms with Gasteiger partial charge in [0.15, 0.2) is 0 Å². The molecule has 3 atom stereocenters. The van der Waals surface area contributed by atoms with E-state index in [4.69, 9.17) is 4.74 Å². The first-order valence-electron chi connectivity index (χ1n) is 23.5. The molecule has 6 nitrogen and oxygen atoms in total. The first kappa shape index (κ1) is 54.8. The van der Waals surface area contributed by atoms with E-state index in [-0.39, 0.29) is 31.3 Å². The number of unbranched alkanes of at least 4 members (excludes halogenated alkanes) is 12. The molecule has 3 unspecified atom stereocenters. The molecule has 0 aliphatic heterocycles. The largest absolute Gasteiger partial charge is 0.462 e. The van der Waals surface area contributed by atoms with E-state index in [2.05, 4.69) is 117 Å². The molecule has 0 aliphatic rings. The number of allylic oxidation sites excluding steroid dienone is 16. The van der Waals surface area contributed by atoms with E-state index in [9.17, 15) is 19.8 Å². The van der Waals surface area contributed by atoms with E-state index < -0.39 is 18.2 Å². The van der Waals surface area contributed by atoms with Gasteiger partial charge < -0.3 is 20.3 Å². The lowest BCUT2D eigenvalue weighted by atomic mass is 10.0. The number of amides is 1. The van der Waals surface area contributed by atoms with Gasteiger partial charge in [-0.2, -0.15) is 0 Å². The van der Waals surface area contributed by atoms with Crippen molar-refractivity contribution in [3.8, 4) is 0 Å². The number of aliphatic hydroxyl groups excluding tert-OH is 2. The molecule has 0 spiro atoms. The summed E-state index contributed by atoms with van der Waals surface area (Å²) in [5.74, 6) is -0.607. The van der Waals surface area contributed by atoms with Gasteiger partial charge >= 0.3 is 5.97 Å². The van der Waals surface area contributed by atoms with Crippen LogP contribution in [0.25, 0.3) is 0 Å². The average Bonchev–Trinajstić information content (AvgIpc) is 3.22. The molecule has 0 bridgehead atoms. The number of carbonyl (C=O) groups is 2. The Kier molecular flexibility index (Phi) is 42.4. The zero-order valence-corrected chi connectivity index (χ0v) is 37.4. The van der Waals surface area contributed by atoms with Crippen molar-refractivity contribution >= 4 is 11.9 Å². The minimum Gasteiger partial charge on any atom is -0.462 e. The number of aliphatic hydroxyl groups is 2. The van der Waals surface area contributed by atoms with Crippen LogP contribution in [0.4, 0.5) is 0 Å². The molecule has 3 N–H and O–H groups in total. The highest BCUT2D eigenvalue weighted by molar-refractivity contribution is 5.77. The number of ether oxygens (including phenoxy) is 1. The van der Waals surface area contributed by atoms with Gasteiger partial charge in [0.05, 0.1) is 25.2 Å². The Balaban J connectivity index is 4.78. The summed E-state index contributed by atoms with van der Waals surface area (Å²) in [6.07, 6.45) is 59.0. The highest BCUT2D eigenvalue weighted by Gasteiger charge is 2.24. The predicted octanol–water partition coefficient (Wildman–Crippen LogP) is 13.8. The molecule has 58 heavy (non-hydrogen) atoms. The summed E-state index contributed by atoms with van der Waals surface area (Å²) < 4.78 is 5.86. The van der Waals surface area contributed by atoms with Crippen LogP contribution in [-0.2, 0) is 14.3 Å². The predicted molar refractivity (Wildman–Crippen MR) is 250 cm³/mol. The SMILES string of the molecule is CC/C=C/C/C=C/C/C=C/C/C=C/C/C=C/CCC(=O)OC(CCCCCC/C=C/C/C=C/C/C=C/CC)CC(=O)NC(CO)C(O)CCCCCCCCCCC. The van der Waals surface area contributed by atoms with E-state index >= 15 is 0 Å². The quantitative estimate of drug-likeness (QED) is 0.0326. The first-order valence-corrected chi connectivity index (χ1v) is 23.5. The third-order valence-electron chi connectivity index (χ3n) is 9.92. The van der Waals surface area contributed by atoms with Crippen LogP contribution in [0.15, 0.2) is 97.2 Å². The molecule has 330 valence electrons. The number of esters is 1. The molecule has 0 aromatic rings. The minimum atomic E-state index is -0.809. The van der Waals surface area contributed by atoms with Gasteiger partial charge in [0.1, 0.15) is 6.10 Å². The van der Waals surface area contributed by atoms with Crippen molar-refractivity contribution in [2.75, 3.05) is 6.61 Å². The van der Waals surface area contributed by atoms with Gasteiger partial charge in [0, 0.05) is 6.42 Å². The van der Waals surface area contributed by atoms with Crippen molar-refractivity contribution in [3.63, 3.8) is 0 Å². The number of rotatable bonds is 40. The number of nitrogens with one attached hydrogen (secondary N) is 1. The van der Waals surface area contributed by atoms with Crippen LogP contribution in [-0.4, -0.2) is 46.9 Å². The van der Waals surface area contributed by atoms with Gasteiger partial charge in [0.2, 0.25) is 5.91 Å². The second kappa shape index (κ2) is 44.9. The smallest absolute Gasteiger partial charge is 0.306 e. The highest BCUT2D eigenvalue weighted by Crippen LogP contribution is 2.16. The lowest BCUT2D eigenvalue weighted by Gasteiger charge is -2.24. The molecule has 0 saturated carbocycles. The van der Waals surface area contributed by atoms with Crippen LogP contribution < -0.4 is 5.32 Å². The van der Waals surface area contributed by atoms with Crippen molar-refractivity contribution < 1.29 is 24.5 Å². The summed E-state index contributed by atoms with van der Waals surface area (Å²) in [6, 6.07) is -0.727.